The molecule has 0 N–H and O–H groups in total. The molecule has 146 valence electrons. The lowest BCUT2D eigenvalue weighted by Gasteiger charge is -2.38. The first-order chi connectivity index (χ1) is 13.2. The molecule has 3 nitrogen and oxygen atoms in total. The van der Waals surface area contributed by atoms with Gasteiger partial charge in [-0.15, -0.1) is 0 Å². The molecule has 0 aliphatic heterocycles. The molecule has 0 fully saturated rings. The Morgan fingerprint density at radius 3 is 2.54 bits per heavy atom. The van der Waals surface area contributed by atoms with Gasteiger partial charge in [-0.25, -0.2) is 0 Å². The molecule has 0 spiro atoms. The number of benzene rings is 1. The molecule has 0 heterocycles. The van der Waals surface area contributed by atoms with Crippen molar-refractivity contribution < 1.29 is 14.0 Å². The molecule has 28 heavy (non-hydrogen) atoms. The van der Waals surface area contributed by atoms with Crippen molar-refractivity contribution in [2.45, 2.75) is 64.3 Å². The molecule has 1 aromatic carbocycles. The van der Waals surface area contributed by atoms with Crippen LogP contribution in [0.15, 0.2) is 35.9 Å². The molecule has 1 atom stereocenters. The SMILES string of the molecule is CC(C)(C)[Si](C)(C)OC(C#CC1=CCCCC1=O)c1ccccc1C#CC=O. The Morgan fingerprint density at radius 2 is 1.89 bits per heavy atom. The van der Waals surface area contributed by atoms with E-state index in [1.165, 1.54) is 0 Å². The Hall–Kier alpha value is -2.40. The van der Waals surface area contributed by atoms with Gasteiger partial charge < -0.3 is 4.43 Å². The molecular formula is C24H28O3Si. The molecule has 2 rings (SSSR count). The van der Waals surface area contributed by atoms with Gasteiger partial charge in [0.25, 0.3) is 0 Å². The molecule has 1 aliphatic rings. The van der Waals surface area contributed by atoms with Crippen molar-refractivity contribution in [2.75, 3.05) is 0 Å². The van der Waals surface area contributed by atoms with Gasteiger partial charge in [0.15, 0.2) is 20.4 Å². The van der Waals surface area contributed by atoms with Crippen LogP contribution in [0.3, 0.4) is 0 Å². The third-order valence-electron chi connectivity index (χ3n) is 5.32. The molecule has 0 amide bonds. The first-order valence-corrected chi connectivity index (χ1v) is 12.5. The largest absolute Gasteiger partial charge is 0.399 e. The van der Waals surface area contributed by atoms with Gasteiger partial charge in [-0.2, -0.15) is 0 Å². The quantitative estimate of drug-likeness (QED) is 0.414. The maximum absolute atomic E-state index is 12.1. The van der Waals surface area contributed by atoms with Crippen LogP contribution in [-0.4, -0.2) is 20.4 Å². The first-order valence-electron chi connectivity index (χ1n) is 9.62. The zero-order valence-corrected chi connectivity index (χ0v) is 18.4. The van der Waals surface area contributed by atoms with E-state index in [0.717, 1.165) is 24.0 Å². The van der Waals surface area contributed by atoms with Gasteiger partial charge in [0.2, 0.25) is 0 Å². The van der Waals surface area contributed by atoms with Gasteiger partial charge in [-0.3, -0.25) is 9.59 Å². The van der Waals surface area contributed by atoms with E-state index in [1.54, 1.807) is 0 Å². The number of ketones is 1. The Morgan fingerprint density at radius 1 is 1.18 bits per heavy atom. The third kappa shape index (κ3) is 5.55. The van der Waals surface area contributed by atoms with E-state index >= 15 is 0 Å². The van der Waals surface area contributed by atoms with Crippen molar-refractivity contribution in [3.05, 3.63) is 47.0 Å². The van der Waals surface area contributed by atoms with Crippen molar-refractivity contribution in [1.29, 1.82) is 0 Å². The predicted octanol–water partition coefficient (Wildman–Crippen LogP) is 4.98. The van der Waals surface area contributed by atoms with Gasteiger partial charge in [-0.1, -0.05) is 62.8 Å². The average Bonchev–Trinajstić information content (AvgIpc) is 2.64. The monoisotopic (exact) mass is 392 g/mol. The second-order valence-corrected chi connectivity index (χ2v) is 13.2. The van der Waals surface area contributed by atoms with E-state index in [2.05, 4.69) is 57.5 Å². The van der Waals surface area contributed by atoms with E-state index in [0.29, 0.717) is 18.3 Å². The van der Waals surface area contributed by atoms with Crippen LogP contribution in [-0.2, 0) is 14.0 Å². The highest BCUT2D eigenvalue weighted by Gasteiger charge is 2.39. The lowest BCUT2D eigenvalue weighted by Crippen LogP contribution is -2.41. The highest BCUT2D eigenvalue weighted by molar-refractivity contribution is 6.74. The summed E-state index contributed by atoms with van der Waals surface area (Å²) in [6.45, 7) is 10.9. The summed E-state index contributed by atoms with van der Waals surface area (Å²) in [5, 5.41) is 0.0102. The minimum absolute atomic E-state index is 0.0102. The number of Topliss-reactive ketones (excluding diaryl/α,β-unsaturated/α-hetero) is 1. The highest BCUT2D eigenvalue weighted by atomic mass is 28.4. The summed E-state index contributed by atoms with van der Waals surface area (Å²) in [4.78, 5) is 22.8. The summed E-state index contributed by atoms with van der Waals surface area (Å²) >= 11 is 0. The van der Waals surface area contributed by atoms with Crippen LogP contribution in [0.25, 0.3) is 0 Å². The van der Waals surface area contributed by atoms with E-state index < -0.39 is 14.4 Å². The normalized spacial score (nSPS) is 15.5. The Bertz CT molecular complexity index is 895. The topological polar surface area (TPSA) is 43.4 Å². The molecule has 0 bridgehead atoms. The fourth-order valence-electron chi connectivity index (χ4n) is 2.61. The predicted molar refractivity (Wildman–Crippen MR) is 115 cm³/mol. The summed E-state index contributed by atoms with van der Waals surface area (Å²) in [5.74, 6) is 11.7. The van der Waals surface area contributed by atoms with Crippen molar-refractivity contribution in [3.63, 3.8) is 0 Å². The molecule has 0 saturated heterocycles. The fraction of sp³-hybridized carbons (Fsp3) is 0.417. The Balaban J connectivity index is 2.51. The first kappa shape index (κ1) is 21.9. The van der Waals surface area contributed by atoms with E-state index in [-0.39, 0.29) is 10.8 Å². The van der Waals surface area contributed by atoms with Gasteiger partial charge in [-0.05, 0) is 43.0 Å². The number of carbonyl (C=O) groups excluding carboxylic acids is 2. The highest BCUT2D eigenvalue weighted by Crippen LogP contribution is 2.40. The second kappa shape index (κ2) is 9.19. The van der Waals surface area contributed by atoms with Crippen molar-refractivity contribution in [2.24, 2.45) is 0 Å². The lowest BCUT2D eigenvalue weighted by molar-refractivity contribution is -0.115. The van der Waals surface area contributed by atoms with Gasteiger partial charge in [0, 0.05) is 17.5 Å². The minimum Gasteiger partial charge on any atom is -0.399 e. The van der Waals surface area contributed by atoms with E-state index in [9.17, 15) is 9.59 Å². The van der Waals surface area contributed by atoms with Crippen LogP contribution in [0.1, 0.15) is 57.3 Å². The number of aldehydes is 1. The van der Waals surface area contributed by atoms with Crippen LogP contribution < -0.4 is 0 Å². The van der Waals surface area contributed by atoms with Gasteiger partial charge in [0.1, 0.15) is 6.10 Å². The van der Waals surface area contributed by atoms with Gasteiger partial charge in [0.05, 0.1) is 5.57 Å². The Kier molecular flexibility index (Phi) is 7.19. The number of allylic oxidation sites excluding steroid dienone is 2. The van der Waals surface area contributed by atoms with E-state index in [4.69, 9.17) is 4.43 Å². The number of hydrogen-bond acceptors (Lipinski definition) is 3. The lowest BCUT2D eigenvalue weighted by atomic mass is 9.97. The summed E-state index contributed by atoms with van der Waals surface area (Å²) in [6, 6.07) is 7.58. The number of hydrogen-bond donors (Lipinski definition) is 0. The van der Waals surface area contributed by atoms with Gasteiger partial charge >= 0.3 is 0 Å². The van der Waals surface area contributed by atoms with Crippen LogP contribution in [0.5, 0.6) is 0 Å². The van der Waals surface area contributed by atoms with Crippen molar-refractivity contribution in [3.8, 4) is 23.7 Å². The summed E-state index contributed by atoms with van der Waals surface area (Å²) in [6.07, 6.45) is 4.31. The molecule has 4 heteroatoms. The fourth-order valence-corrected chi connectivity index (χ4v) is 3.74. The third-order valence-corrected chi connectivity index (χ3v) is 9.76. The van der Waals surface area contributed by atoms with E-state index in [1.807, 2.05) is 30.3 Å². The van der Waals surface area contributed by atoms with Crippen LogP contribution in [0.2, 0.25) is 18.1 Å². The standard InChI is InChI=1S/C24H28O3Si/c1-24(2,3)28(4,5)27-23(17-16-20-12-7-9-15-22(20)26)21-14-8-6-11-19(21)13-10-18-25/h6,8,11-12,14,18,23H,7,9,15H2,1-5H3. The summed E-state index contributed by atoms with van der Waals surface area (Å²) in [5.41, 5.74) is 2.13. The van der Waals surface area contributed by atoms with Crippen molar-refractivity contribution in [1.82, 2.24) is 0 Å². The zero-order chi connectivity index (χ0) is 20.8. The maximum atomic E-state index is 12.1. The molecule has 1 unspecified atom stereocenters. The van der Waals surface area contributed by atoms with Crippen LogP contribution in [0.4, 0.5) is 0 Å². The smallest absolute Gasteiger partial charge is 0.194 e. The summed E-state index contributed by atoms with van der Waals surface area (Å²) < 4.78 is 6.61. The second-order valence-electron chi connectivity index (χ2n) is 8.44. The molecule has 1 aliphatic carbocycles. The minimum atomic E-state index is -2.13. The summed E-state index contributed by atoms with van der Waals surface area (Å²) in [7, 11) is -2.13. The van der Waals surface area contributed by atoms with Crippen LogP contribution >= 0.6 is 0 Å². The molecule has 0 radical (unpaired) electrons. The zero-order valence-electron chi connectivity index (χ0n) is 17.4. The van der Waals surface area contributed by atoms with Crippen LogP contribution in [0, 0.1) is 23.7 Å². The molecular weight excluding hydrogens is 364 g/mol. The number of rotatable bonds is 3. The van der Waals surface area contributed by atoms with Crippen molar-refractivity contribution >= 4 is 20.4 Å². The average molecular weight is 393 g/mol. The Labute approximate surface area is 169 Å². The maximum Gasteiger partial charge on any atom is 0.194 e. The molecule has 0 aromatic heterocycles. The number of carbonyl (C=O) groups is 2. The molecule has 1 aromatic rings. The molecule has 0 saturated carbocycles.